The molecular formula is C14H16N4O. The van der Waals surface area contributed by atoms with Crippen LogP contribution in [0.1, 0.15) is 28.0 Å². The van der Waals surface area contributed by atoms with Crippen LogP contribution in [-0.4, -0.2) is 22.6 Å². The fraction of sp³-hybridized carbons (Fsp3) is 0.286. The summed E-state index contributed by atoms with van der Waals surface area (Å²) in [7, 11) is 0. The minimum atomic E-state index is -0.00280. The predicted octanol–water partition coefficient (Wildman–Crippen LogP) is 1.89. The summed E-state index contributed by atoms with van der Waals surface area (Å²) >= 11 is 0. The van der Waals surface area contributed by atoms with E-state index in [9.17, 15) is 4.79 Å². The highest BCUT2D eigenvalue weighted by Gasteiger charge is 2.25. The summed E-state index contributed by atoms with van der Waals surface area (Å²) in [6.07, 6.45) is 3.51. The molecule has 0 unspecified atom stereocenters. The van der Waals surface area contributed by atoms with Gasteiger partial charge in [0.2, 0.25) is 0 Å². The lowest BCUT2D eigenvalue weighted by atomic mass is 10.00. The summed E-state index contributed by atoms with van der Waals surface area (Å²) in [5, 5.41) is 6.72. The molecule has 0 spiro atoms. The number of benzene rings is 1. The van der Waals surface area contributed by atoms with Crippen LogP contribution in [0.25, 0.3) is 0 Å². The number of fused-ring (bicyclic) bond motifs is 1. The first-order chi connectivity index (χ1) is 9.16. The van der Waals surface area contributed by atoms with E-state index in [1.54, 1.807) is 6.20 Å². The molecule has 2 aromatic rings. The lowest BCUT2D eigenvalue weighted by molar-refractivity contribution is 0.0984. The maximum absolute atomic E-state index is 12.6. The van der Waals surface area contributed by atoms with Gasteiger partial charge in [-0.15, -0.1) is 0 Å². The molecular weight excluding hydrogens is 240 g/mol. The molecule has 0 saturated heterocycles. The van der Waals surface area contributed by atoms with Gasteiger partial charge < -0.3 is 10.6 Å². The van der Waals surface area contributed by atoms with Gasteiger partial charge in [-0.1, -0.05) is 0 Å². The van der Waals surface area contributed by atoms with Crippen molar-refractivity contribution in [3.05, 3.63) is 41.2 Å². The zero-order chi connectivity index (χ0) is 13.4. The highest BCUT2D eigenvalue weighted by molar-refractivity contribution is 6.07. The number of nitrogens with one attached hydrogen (secondary N) is 1. The number of anilines is 2. The summed E-state index contributed by atoms with van der Waals surface area (Å²) in [6, 6.07) is 5.72. The van der Waals surface area contributed by atoms with Crippen molar-refractivity contribution in [3.63, 3.8) is 0 Å². The van der Waals surface area contributed by atoms with E-state index in [4.69, 9.17) is 5.73 Å². The monoisotopic (exact) mass is 256 g/mol. The number of carbonyl (C=O) groups excluding carboxylic acids is 1. The molecule has 5 nitrogen and oxygen atoms in total. The Bertz CT molecular complexity index is 632. The van der Waals surface area contributed by atoms with Crippen molar-refractivity contribution in [3.8, 4) is 0 Å². The van der Waals surface area contributed by atoms with Crippen molar-refractivity contribution in [2.45, 2.75) is 19.8 Å². The van der Waals surface area contributed by atoms with Crippen LogP contribution in [0, 0.1) is 6.92 Å². The van der Waals surface area contributed by atoms with Crippen molar-refractivity contribution in [1.82, 2.24) is 10.2 Å². The number of hydrogen-bond acceptors (Lipinski definition) is 3. The summed E-state index contributed by atoms with van der Waals surface area (Å²) < 4.78 is 0. The summed E-state index contributed by atoms with van der Waals surface area (Å²) in [5.74, 6) is -0.00280. The van der Waals surface area contributed by atoms with Gasteiger partial charge in [-0.3, -0.25) is 9.89 Å². The number of aromatic amines is 1. The molecule has 1 aromatic heterocycles. The van der Waals surface area contributed by atoms with Gasteiger partial charge in [0.05, 0.1) is 11.8 Å². The number of nitrogens with zero attached hydrogens (tertiary/aromatic N) is 2. The number of amides is 1. The molecule has 1 amide bonds. The molecule has 5 heteroatoms. The molecule has 1 aromatic carbocycles. The average molecular weight is 256 g/mol. The van der Waals surface area contributed by atoms with Crippen LogP contribution in [0.3, 0.4) is 0 Å². The number of nitrogens with two attached hydrogens (primary N) is 1. The van der Waals surface area contributed by atoms with E-state index in [2.05, 4.69) is 10.2 Å². The molecule has 3 N–H and O–H groups in total. The van der Waals surface area contributed by atoms with Gasteiger partial charge in [0.1, 0.15) is 0 Å². The third-order valence-corrected chi connectivity index (χ3v) is 3.53. The van der Waals surface area contributed by atoms with Crippen molar-refractivity contribution in [2.75, 3.05) is 17.2 Å². The van der Waals surface area contributed by atoms with E-state index in [0.29, 0.717) is 5.56 Å². The molecule has 98 valence electrons. The Labute approximate surface area is 111 Å². The van der Waals surface area contributed by atoms with Crippen molar-refractivity contribution in [1.29, 1.82) is 0 Å². The fourth-order valence-electron chi connectivity index (χ4n) is 2.54. The molecule has 2 heterocycles. The Morgan fingerprint density at radius 1 is 1.47 bits per heavy atom. The minimum Gasteiger partial charge on any atom is -0.399 e. The lowest BCUT2D eigenvalue weighted by Crippen LogP contribution is -2.35. The Morgan fingerprint density at radius 2 is 2.32 bits per heavy atom. The zero-order valence-corrected chi connectivity index (χ0v) is 10.8. The molecule has 0 fully saturated rings. The Balaban J connectivity index is 2.00. The normalized spacial score (nSPS) is 14.3. The summed E-state index contributed by atoms with van der Waals surface area (Å²) in [6.45, 7) is 2.59. The minimum absolute atomic E-state index is 0.00280. The third kappa shape index (κ3) is 1.97. The van der Waals surface area contributed by atoms with Crippen LogP contribution in [0.5, 0.6) is 0 Å². The number of nitrogen functional groups attached to an aromatic ring is 1. The van der Waals surface area contributed by atoms with Crippen molar-refractivity contribution < 1.29 is 4.79 Å². The SMILES string of the molecule is Cc1[nH]ncc1C(=O)N1CCCc2cc(N)ccc21. The third-order valence-electron chi connectivity index (χ3n) is 3.53. The molecule has 1 aliphatic heterocycles. The fourth-order valence-corrected chi connectivity index (χ4v) is 2.54. The van der Waals surface area contributed by atoms with E-state index >= 15 is 0 Å². The topological polar surface area (TPSA) is 75.0 Å². The van der Waals surface area contributed by atoms with Gasteiger partial charge in [-0.2, -0.15) is 5.10 Å². The maximum atomic E-state index is 12.6. The van der Waals surface area contributed by atoms with Gasteiger partial charge in [0, 0.05) is 23.6 Å². The van der Waals surface area contributed by atoms with E-state index in [-0.39, 0.29) is 5.91 Å². The summed E-state index contributed by atoms with van der Waals surface area (Å²) in [4.78, 5) is 14.4. The average Bonchev–Trinajstić information content (AvgIpc) is 2.83. The van der Waals surface area contributed by atoms with Crippen LogP contribution >= 0.6 is 0 Å². The second-order valence-electron chi connectivity index (χ2n) is 4.86. The van der Waals surface area contributed by atoms with Crippen LogP contribution < -0.4 is 10.6 Å². The maximum Gasteiger partial charge on any atom is 0.261 e. The molecule has 0 atom stereocenters. The van der Waals surface area contributed by atoms with E-state index in [1.165, 1.54) is 0 Å². The number of H-pyrrole nitrogens is 1. The van der Waals surface area contributed by atoms with Crippen molar-refractivity contribution >= 4 is 17.3 Å². The molecule has 0 aliphatic carbocycles. The number of aryl methyl sites for hydroxylation is 2. The highest BCUT2D eigenvalue weighted by Crippen LogP contribution is 2.30. The number of hydrogen-bond donors (Lipinski definition) is 2. The van der Waals surface area contributed by atoms with E-state index in [1.807, 2.05) is 30.0 Å². The Hall–Kier alpha value is -2.30. The first-order valence-electron chi connectivity index (χ1n) is 6.37. The van der Waals surface area contributed by atoms with Crippen LogP contribution in [-0.2, 0) is 6.42 Å². The quantitative estimate of drug-likeness (QED) is 0.765. The predicted molar refractivity (Wildman–Crippen MR) is 74.2 cm³/mol. The number of aromatic nitrogens is 2. The molecule has 0 radical (unpaired) electrons. The largest absolute Gasteiger partial charge is 0.399 e. The zero-order valence-electron chi connectivity index (χ0n) is 10.8. The molecule has 1 aliphatic rings. The van der Waals surface area contributed by atoms with Gasteiger partial charge in [-0.25, -0.2) is 0 Å². The Kier molecular flexibility index (Phi) is 2.74. The number of carbonyl (C=O) groups is 1. The second-order valence-corrected chi connectivity index (χ2v) is 4.86. The van der Waals surface area contributed by atoms with Gasteiger partial charge in [0.15, 0.2) is 0 Å². The van der Waals surface area contributed by atoms with Crippen LogP contribution in [0.15, 0.2) is 24.4 Å². The molecule has 19 heavy (non-hydrogen) atoms. The standard InChI is InChI=1S/C14H16N4O/c1-9-12(8-16-17-9)14(19)18-6-2-3-10-7-11(15)4-5-13(10)18/h4-5,7-8H,2-3,6,15H2,1H3,(H,16,17). The smallest absolute Gasteiger partial charge is 0.261 e. The number of rotatable bonds is 1. The second kappa shape index (κ2) is 4.42. The summed E-state index contributed by atoms with van der Waals surface area (Å²) in [5.41, 5.74) is 10.1. The van der Waals surface area contributed by atoms with Gasteiger partial charge in [0.25, 0.3) is 5.91 Å². The van der Waals surface area contributed by atoms with E-state index in [0.717, 1.165) is 42.0 Å². The molecule has 3 rings (SSSR count). The van der Waals surface area contributed by atoms with Gasteiger partial charge in [-0.05, 0) is 43.5 Å². The van der Waals surface area contributed by atoms with Crippen LogP contribution in [0.4, 0.5) is 11.4 Å². The first kappa shape index (κ1) is 11.8. The first-order valence-corrected chi connectivity index (χ1v) is 6.37. The lowest BCUT2D eigenvalue weighted by Gasteiger charge is -2.29. The highest BCUT2D eigenvalue weighted by atomic mass is 16.2. The Morgan fingerprint density at radius 3 is 3.05 bits per heavy atom. The van der Waals surface area contributed by atoms with E-state index < -0.39 is 0 Å². The molecule has 0 bridgehead atoms. The van der Waals surface area contributed by atoms with Crippen LogP contribution in [0.2, 0.25) is 0 Å². The molecule has 0 saturated carbocycles. The van der Waals surface area contributed by atoms with Crippen molar-refractivity contribution in [2.24, 2.45) is 0 Å². The van der Waals surface area contributed by atoms with Gasteiger partial charge >= 0.3 is 0 Å².